The van der Waals surface area contributed by atoms with Crippen molar-refractivity contribution in [1.29, 1.82) is 0 Å². The van der Waals surface area contributed by atoms with Crippen molar-refractivity contribution < 1.29 is 0 Å². The molecule has 3 heterocycles. The van der Waals surface area contributed by atoms with Crippen LogP contribution in [0.15, 0.2) is 30.6 Å². The summed E-state index contributed by atoms with van der Waals surface area (Å²) in [4.78, 5) is 6.96. The first-order chi connectivity index (χ1) is 9.81. The van der Waals surface area contributed by atoms with Crippen molar-refractivity contribution in [3.8, 4) is 0 Å². The molecule has 0 aromatic carbocycles. The lowest BCUT2D eigenvalue weighted by atomic mass is 9.96. The van der Waals surface area contributed by atoms with Crippen molar-refractivity contribution in [2.45, 2.75) is 45.2 Å². The Morgan fingerprint density at radius 3 is 3.15 bits per heavy atom. The van der Waals surface area contributed by atoms with Gasteiger partial charge in [0.1, 0.15) is 11.5 Å². The van der Waals surface area contributed by atoms with E-state index >= 15 is 0 Å². The third-order valence-electron chi connectivity index (χ3n) is 4.35. The molecule has 4 heteroatoms. The summed E-state index contributed by atoms with van der Waals surface area (Å²) < 4.78 is 2.21. The SMILES string of the molecule is CCNC(C)C1CCCCN1c1cccc2nccn12. The van der Waals surface area contributed by atoms with Crippen molar-refractivity contribution in [2.24, 2.45) is 0 Å². The van der Waals surface area contributed by atoms with Gasteiger partial charge < -0.3 is 10.2 Å². The van der Waals surface area contributed by atoms with Gasteiger partial charge in [0.15, 0.2) is 0 Å². The fourth-order valence-corrected chi connectivity index (χ4v) is 3.39. The fourth-order valence-electron chi connectivity index (χ4n) is 3.39. The first-order valence-electron chi connectivity index (χ1n) is 7.73. The lowest BCUT2D eigenvalue weighted by Gasteiger charge is -2.41. The number of imidazole rings is 1. The summed E-state index contributed by atoms with van der Waals surface area (Å²) in [5, 5.41) is 3.59. The number of piperidine rings is 1. The standard InChI is InChI=1S/C16H24N4/c1-3-17-13(2)14-7-4-5-11-19(14)16-9-6-8-15-18-10-12-20(15)16/h6,8-10,12-14,17H,3-5,7,11H2,1-2H3. The molecule has 0 aliphatic carbocycles. The first-order valence-corrected chi connectivity index (χ1v) is 7.73. The molecule has 0 spiro atoms. The van der Waals surface area contributed by atoms with Gasteiger partial charge in [0.2, 0.25) is 0 Å². The summed E-state index contributed by atoms with van der Waals surface area (Å²) >= 11 is 0. The number of rotatable bonds is 4. The van der Waals surface area contributed by atoms with Gasteiger partial charge in [-0.1, -0.05) is 13.0 Å². The van der Waals surface area contributed by atoms with E-state index < -0.39 is 0 Å². The highest BCUT2D eigenvalue weighted by Gasteiger charge is 2.28. The number of pyridine rings is 1. The van der Waals surface area contributed by atoms with Crippen LogP contribution in [0.25, 0.3) is 5.65 Å². The zero-order valence-electron chi connectivity index (χ0n) is 12.4. The second kappa shape index (κ2) is 5.83. The Bertz CT molecular complexity index is 562. The maximum absolute atomic E-state index is 4.40. The number of fused-ring (bicyclic) bond motifs is 1. The minimum Gasteiger partial charge on any atom is -0.353 e. The predicted molar refractivity (Wildman–Crippen MR) is 83.3 cm³/mol. The van der Waals surface area contributed by atoms with Crippen LogP contribution in [0, 0.1) is 0 Å². The van der Waals surface area contributed by atoms with E-state index in [4.69, 9.17) is 0 Å². The molecular formula is C16H24N4. The van der Waals surface area contributed by atoms with E-state index in [1.807, 2.05) is 6.20 Å². The quantitative estimate of drug-likeness (QED) is 0.929. The smallest absolute Gasteiger partial charge is 0.138 e. The molecule has 1 saturated heterocycles. The summed E-state index contributed by atoms with van der Waals surface area (Å²) in [5.41, 5.74) is 1.03. The molecule has 2 atom stereocenters. The van der Waals surface area contributed by atoms with E-state index in [0.717, 1.165) is 18.7 Å². The topological polar surface area (TPSA) is 32.6 Å². The van der Waals surface area contributed by atoms with Gasteiger partial charge >= 0.3 is 0 Å². The second-order valence-electron chi connectivity index (χ2n) is 5.64. The molecule has 108 valence electrons. The summed E-state index contributed by atoms with van der Waals surface area (Å²) in [6.07, 6.45) is 7.82. The largest absolute Gasteiger partial charge is 0.353 e. The van der Waals surface area contributed by atoms with Gasteiger partial charge in [0.05, 0.1) is 0 Å². The maximum atomic E-state index is 4.40. The van der Waals surface area contributed by atoms with Crippen LogP contribution >= 0.6 is 0 Å². The Morgan fingerprint density at radius 2 is 2.30 bits per heavy atom. The van der Waals surface area contributed by atoms with Gasteiger partial charge in [-0.3, -0.25) is 4.40 Å². The maximum Gasteiger partial charge on any atom is 0.138 e. The van der Waals surface area contributed by atoms with Crippen molar-refractivity contribution >= 4 is 11.5 Å². The van der Waals surface area contributed by atoms with Gasteiger partial charge in [0, 0.05) is 31.0 Å². The van der Waals surface area contributed by atoms with Crippen LogP contribution in [-0.4, -0.2) is 34.6 Å². The average Bonchev–Trinajstić information content (AvgIpc) is 2.96. The lowest BCUT2D eigenvalue weighted by Crippen LogP contribution is -2.51. The molecule has 4 nitrogen and oxygen atoms in total. The predicted octanol–water partition coefficient (Wildman–Crippen LogP) is 2.69. The van der Waals surface area contributed by atoms with Gasteiger partial charge in [-0.05, 0) is 44.9 Å². The normalized spacial score (nSPS) is 21.3. The number of nitrogens with zero attached hydrogens (tertiary/aromatic N) is 3. The highest BCUT2D eigenvalue weighted by Crippen LogP contribution is 2.27. The molecule has 2 unspecified atom stereocenters. The third-order valence-corrected chi connectivity index (χ3v) is 4.35. The number of hydrogen-bond acceptors (Lipinski definition) is 3. The molecule has 0 amide bonds. The Hall–Kier alpha value is -1.55. The third kappa shape index (κ3) is 2.40. The second-order valence-corrected chi connectivity index (χ2v) is 5.64. The minimum atomic E-state index is 0.513. The number of anilines is 1. The Morgan fingerprint density at radius 1 is 1.40 bits per heavy atom. The minimum absolute atomic E-state index is 0.513. The van der Waals surface area contributed by atoms with Crippen LogP contribution in [0.2, 0.25) is 0 Å². The van der Waals surface area contributed by atoms with Gasteiger partial charge in [-0.2, -0.15) is 0 Å². The monoisotopic (exact) mass is 272 g/mol. The molecule has 2 aromatic heterocycles. The number of aromatic nitrogens is 2. The number of likely N-dealkylation sites (N-methyl/N-ethyl adjacent to an activating group) is 1. The lowest BCUT2D eigenvalue weighted by molar-refractivity contribution is 0.369. The van der Waals surface area contributed by atoms with Gasteiger partial charge in [-0.15, -0.1) is 0 Å². The van der Waals surface area contributed by atoms with Crippen LogP contribution in [-0.2, 0) is 0 Å². The van der Waals surface area contributed by atoms with Crippen LogP contribution in [0.4, 0.5) is 5.82 Å². The highest BCUT2D eigenvalue weighted by molar-refractivity contribution is 5.52. The molecule has 20 heavy (non-hydrogen) atoms. The molecular weight excluding hydrogens is 248 g/mol. The van der Waals surface area contributed by atoms with Crippen molar-refractivity contribution in [2.75, 3.05) is 18.0 Å². The zero-order chi connectivity index (χ0) is 13.9. The van der Waals surface area contributed by atoms with E-state index in [9.17, 15) is 0 Å². The molecule has 0 bridgehead atoms. The number of hydrogen-bond donors (Lipinski definition) is 1. The van der Waals surface area contributed by atoms with Crippen molar-refractivity contribution in [3.63, 3.8) is 0 Å². The summed E-state index contributed by atoms with van der Waals surface area (Å²) in [6.45, 7) is 6.65. The van der Waals surface area contributed by atoms with Gasteiger partial charge in [0.25, 0.3) is 0 Å². The molecule has 0 saturated carbocycles. The van der Waals surface area contributed by atoms with Crippen molar-refractivity contribution in [3.05, 3.63) is 30.6 Å². The Kier molecular flexibility index (Phi) is 3.92. The Balaban J connectivity index is 1.95. The molecule has 1 aliphatic heterocycles. The van der Waals surface area contributed by atoms with E-state index in [1.54, 1.807) is 0 Å². The number of nitrogens with one attached hydrogen (secondary N) is 1. The summed E-state index contributed by atoms with van der Waals surface area (Å²) in [5.74, 6) is 1.27. The van der Waals surface area contributed by atoms with Gasteiger partial charge in [-0.25, -0.2) is 4.98 Å². The molecule has 2 aromatic rings. The zero-order valence-corrected chi connectivity index (χ0v) is 12.4. The fraction of sp³-hybridized carbons (Fsp3) is 0.562. The molecule has 1 aliphatic rings. The van der Waals surface area contributed by atoms with E-state index in [1.165, 1.54) is 25.1 Å². The Labute approximate surface area is 120 Å². The molecule has 1 N–H and O–H groups in total. The van der Waals surface area contributed by atoms with Crippen LogP contribution in [0.3, 0.4) is 0 Å². The van der Waals surface area contributed by atoms with Crippen LogP contribution in [0.5, 0.6) is 0 Å². The molecule has 1 fully saturated rings. The summed E-state index contributed by atoms with van der Waals surface area (Å²) in [7, 11) is 0. The van der Waals surface area contributed by atoms with E-state index in [2.05, 4.69) is 57.8 Å². The van der Waals surface area contributed by atoms with Crippen LogP contribution in [0.1, 0.15) is 33.1 Å². The van der Waals surface area contributed by atoms with Crippen molar-refractivity contribution in [1.82, 2.24) is 14.7 Å². The van der Waals surface area contributed by atoms with E-state index in [0.29, 0.717) is 12.1 Å². The van der Waals surface area contributed by atoms with Crippen LogP contribution < -0.4 is 10.2 Å². The average molecular weight is 272 g/mol. The van der Waals surface area contributed by atoms with E-state index in [-0.39, 0.29) is 0 Å². The first kappa shape index (κ1) is 13.4. The molecule has 0 radical (unpaired) electrons. The summed E-state index contributed by atoms with van der Waals surface area (Å²) in [6, 6.07) is 7.47. The highest BCUT2D eigenvalue weighted by atomic mass is 15.3. The molecule has 3 rings (SSSR count).